The summed E-state index contributed by atoms with van der Waals surface area (Å²) in [5, 5.41) is 11.1. The largest absolute Gasteiger partial charge is 0.481 e. The molecule has 1 aliphatic heterocycles. The van der Waals surface area contributed by atoms with Gasteiger partial charge in [-0.3, -0.25) is 9.59 Å². The van der Waals surface area contributed by atoms with E-state index in [2.05, 4.69) is 0 Å². The number of likely N-dealkylation sites (tertiary alicyclic amines) is 1. The zero-order valence-electron chi connectivity index (χ0n) is 10.5. The van der Waals surface area contributed by atoms with Crippen LogP contribution in [0.1, 0.15) is 31.1 Å². The molecule has 0 bridgehead atoms. The first-order chi connectivity index (χ1) is 8.44. The zero-order chi connectivity index (χ0) is 13.3. The van der Waals surface area contributed by atoms with Crippen molar-refractivity contribution in [3.05, 3.63) is 22.4 Å². The highest BCUT2D eigenvalue weighted by molar-refractivity contribution is 7.10. The van der Waals surface area contributed by atoms with Crippen molar-refractivity contribution in [3.8, 4) is 0 Å². The van der Waals surface area contributed by atoms with Crippen molar-refractivity contribution in [2.75, 3.05) is 13.1 Å². The van der Waals surface area contributed by atoms with E-state index in [0.29, 0.717) is 19.5 Å². The van der Waals surface area contributed by atoms with E-state index in [1.54, 1.807) is 23.2 Å². The van der Waals surface area contributed by atoms with Crippen molar-refractivity contribution in [2.45, 2.75) is 26.2 Å². The molecule has 5 heteroatoms. The number of hydrogen-bond acceptors (Lipinski definition) is 3. The van der Waals surface area contributed by atoms with E-state index in [-0.39, 0.29) is 11.8 Å². The van der Waals surface area contributed by atoms with Gasteiger partial charge in [0, 0.05) is 18.0 Å². The maximum atomic E-state index is 12.3. The van der Waals surface area contributed by atoms with Crippen molar-refractivity contribution >= 4 is 23.2 Å². The van der Waals surface area contributed by atoms with Gasteiger partial charge in [-0.1, -0.05) is 6.07 Å². The van der Waals surface area contributed by atoms with Crippen molar-refractivity contribution in [1.29, 1.82) is 0 Å². The number of hydrogen-bond donors (Lipinski definition) is 1. The molecular formula is C13H17NO3S. The molecule has 0 spiro atoms. The molecule has 2 heterocycles. The normalized spacial score (nSPS) is 25.1. The second-order valence-electron chi connectivity index (χ2n) is 5.11. The Balaban J connectivity index is 2.06. The SMILES string of the molecule is C[C@@H](C(=O)N1CC[C@](C)(C(=O)O)C1)c1cccs1. The lowest BCUT2D eigenvalue weighted by Gasteiger charge is -2.22. The Morgan fingerprint density at radius 2 is 2.28 bits per heavy atom. The molecule has 0 aliphatic carbocycles. The highest BCUT2D eigenvalue weighted by Crippen LogP contribution is 2.32. The smallest absolute Gasteiger partial charge is 0.311 e. The van der Waals surface area contributed by atoms with Crippen molar-refractivity contribution in [2.24, 2.45) is 5.41 Å². The molecule has 18 heavy (non-hydrogen) atoms. The fourth-order valence-electron chi connectivity index (χ4n) is 2.26. The summed E-state index contributed by atoms with van der Waals surface area (Å²) < 4.78 is 0. The van der Waals surface area contributed by atoms with E-state index in [9.17, 15) is 9.59 Å². The quantitative estimate of drug-likeness (QED) is 0.913. The molecule has 98 valence electrons. The first kappa shape index (κ1) is 13.1. The molecule has 0 unspecified atom stereocenters. The molecule has 0 radical (unpaired) electrons. The number of carboxylic acids is 1. The lowest BCUT2D eigenvalue weighted by Crippen LogP contribution is -2.36. The van der Waals surface area contributed by atoms with E-state index < -0.39 is 11.4 Å². The molecule has 0 saturated carbocycles. The summed E-state index contributed by atoms with van der Waals surface area (Å²) in [6, 6.07) is 3.87. The number of rotatable bonds is 3. The fourth-order valence-corrected chi connectivity index (χ4v) is 3.03. The Kier molecular flexibility index (Phi) is 3.43. The molecule has 1 aromatic rings. The Labute approximate surface area is 110 Å². The third-order valence-corrected chi connectivity index (χ3v) is 4.70. The molecule has 0 aromatic carbocycles. The summed E-state index contributed by atoms with van der Waals surface area (Å²) in [4.78, 5) is 26.2. The van der Waals surface area contributed by atoms with Crippen LogP contribution in [-0.4, -0.2) is 35.0 Å². The summed E-state index contributed by atoms with van der Waals surface area (Å²) in [7, 11) is 0. The van der Waals surface area contributed by atoms with Crippen LogP contribution in [0.3, 0.4) is 0 Å². The second-order valence-corrected chi connectivity index (χ2v) is 6.09. The fraction of sp³-hybridized carbons (Fsp3) is 0.538. The van der Waals surface area contributed by atoms with Crippen molar-refractivity contribution in [1.82, 2.24) is 4.90 Å². The first-order valence-corrected chi connectivity index (χ1v) is 6.87. The van der Waals surface area contributed by atoms with E-state index in [1.165, 1.54) is 0 Å². The van der Waals surface area contributed by atoms with E-state index in [0.717, 1.165) is 4.88 Å². The monoisotopic (exact) mass is 267 g/mol. The van der Waals surface area contributed by atoms with Gasteiger partial charge in [0.05, 0.1) is 11.3 Å². The summed E-state index contributed by atoms with van der Waals surface area (Å²) >= 11 is 1.56. The Hall–Kier alpha value is -1.36. The van der Waals surface area contributed by atoms with Crippen molar-refractivity contribution in [3.63, 3.8) is 0 Å². The van der Waals surface area contributed by atoms with E-state index in [4.69, 9.17) is 5.11 Å². The molecule has 1 N–H and O–H groups in total. The average Bonchev–Trinajstić information content (AvgIpc) is 2.96. The number of aliphatic carboxylic acids is 1. The van der Waals surface area contributed by atoms with Crippen LogP contribution in [0.2, 0.25) is 0 Å². The summed E-state index contributed by atoms with van der Waals surface area (Å²) in [5.41, 5.74) is -0.787. The van der Waals surface area contributed by atoms with E-state index >= 15 is 0 Å². The van der Waals surface area contributed by atoms with Gasteiger partial charge in [-0.2, -0.15) is 0 Å². The predicted octanol–water partition coefficient (Wildman–Crippen LogP) is 2.17. The summed E-state index contributed by atoms with van der Waals surface area (Å²) in [6.45, 7) is 4.44. The minimum absolute atomic E-state index is 0.0300. The van der Waals surface area contributed by atoms with Crippen LogP contribution in [0.25, 0.3) is 0 Å². The number of thiophene rings is 1. The van der Waals surface area contributed by atoms with Crippen LogP contribution in [-0.2, 0) is 9.59 Å². The van der Waals surface area contributed by atoms with Crippen LogP contribution in [0, 0.1) is 5.41 Å². The molecule has 1 amide bonds. The third kappa shape index (κ3) is 2.27. The summed E-state index contributed by atoms with van der Waals surface area (Å²) in [5.74, 6) is -0.967. The van der Waals surface area contributed by atoms with Gasteiger partial charge in [0.1, 0.15) is 0 Å². The molecule has 2 atom stereocenters. The molecule has 1 fully saturated rings. The van der Waals surface area contributed by atoms with E-state index in [1.807, 2.05) is 24.4 Å². The molecular weight excluding hydrogens is 250 g/mol. The van der Waals surface area contributed by atoms with Crippen LogP contribution >= 0.6 is 11.3 Å². The summed E-state index contributed by atoms with van der Waals surface area (Å²) in [6.07, 6.45) is 0.533. The first-order valence-electron chi connectivity index (χ1n) is 5.99. The maximum absolute atomic E-state index is 12.3. The Bertz CT molecular complexity index is 457. The minimum Gasteiger partial charge on any atom is -0.481 e. The standard InChI is InChI=1S/C13H17NO3S/c1-9(10-4-3-7-18-10)11(15)14-6-5-13(2,8-14)12(16)17/h3-4,7,9H,5-6,8H2,1-2H3,(H,16,17)/t9-,13+/m1/s1. The molecule has 1 saturated heterocycles. The van der Waals surface area contributed by atoms with Crippen molar-refractivity contribution < 1.29 is 14.7 Å². The van der Waals surface area contributed by atoms with Gasteiger partial charge in [-0.15, -0.1) is 11.3 Å². The Morgan fingerprint density at radius 1 is 1.56 bits per heavy atom. The minimum atomic E-state index is -0.818. The lowest BCUT2D eigenvalue weighted by atomic mass is 9.90. The number of nitrogens with zero attached hydrogens (tertiary/aromatic N) is 1. The van der Waals surface area contributed by atoms with Gasteiger partial charge < -0.3 is 10.0 Å². The van der Waals surface area contributed by atoms with Crippen LogP contribution in [0.5, 0.6) is 0 Å². The highest BCUT2D eigenvalue weighted by atomic mass is 32.1. The van der Waals surface area contributed by atoms with Gasteiger partial charge in [0.2, 0.25) is 5.91 Å². The molecule has 2 rings (SSSR count). The second kappa shape index (κ2) is 4.72. The third-order valence-electron chi connectivity index (χ3n) is 3.64. The predicted molar refractivity (Wildman–Crippen MR) is 69.7 cm³/mol. The number of carbonyl (C=O) groups is 2. The number of amides is 1. The topological polar surface area (TPSA) is 57.6 Å². The molecule has 1 aliphatic rings. The number of carboxylic acid groups (broad SMARTS) is 1. The number of carbonyl (C=O) groups excluding carboxylic acids is 1. The van der Waals surface area contributed by atoms with Gasteiger partial charge in [0.15, 0.2) is 0 Å². The Morgan fingerprint density at radius 3 is 2.78 bits per heavy atom. The van der Waals surface area contributed by atoms with Gasteiger partial charge >= 0.3 is 5.97 Å². The van der Waals surface area contributed by atoms with Crippen LogP contribution in [0.15, 0.2) is 17.5 Å². The zero-order valence-corrected chi connectivity index (χ0v) is 11.4. The maximum Gasteiger partial charge on any atom is 0.311 e. The van der Waals surface area contributed by atoms with Gasteiger partial charge in [-0.05, 0) is 31.7 Å². The average molecular weight is 267 g/mol. The van der Waals surface area contributed by atoms with Crippen LogP contribution < -0.4 is 0 Å². The van der Waals surface area contributed by atoms with Crippen LogP contribution in [0.4, 0.5) is 0 Å². The van der Waals surface area contributed by atoms with Gasteiger partial charge in [0.25, 0.3) is 0 Å². The molecule has 4 nitrogen and oxygen atoms in total. The highest BCUT2D eigenvalue weighted by Gasteiger charge is 2.42. The molecule has 1 aromatic heterocycles. The van der Waals surface area contributed by atoms with Gasteiger partial charge in [-0.25, -0.2) is 0 Å². The lowest BCUT2D eigenvalue weighted by molar-refractivity contribution is -0.147.